The highest BCUT2D eigenvalue weighted by molar-refractivity contribution is 14.0. The van der Waals surface area contributed by atoms with Gasteiger partial charge in [0.1, 0.15) is 0 Å². The quantitative estimate of drug-likeness (QED) is 0.306. The van der Waals surface area contributed by atoms with Gasteiger partial charge in [-0.1, -0.05) is 43.7 Å². The van der Waals surface area contributed by atoms with E-state index in [4.69, 9.17) is 4.99 Å². The molecule has 170 valence electrons. The van der Waals surface area contributed by atoms with Gasteiger partial charge in [-0.15, -0.1) is 24.0 Å². The molecule has 1 aromatic rings. The number of rotatable bonds is 8. The Morgan fingerprint density at radius 3 is 2.40 bits per heavy atom. The molecule has 2 aliphatic rings. The number of benzene rings is 1. The first-order valence-electron chi connectivity index (χ1n) is 11.8. The van der Waals surface area contributed by atoms with Gasteiger partial charge in [-0.3, -0.25) is 9.89 Å². The van der Waals surface area contributed by atoms with Crippen molar-refractivity contribution in [3.8, 4) is 0 Å². The number of piperidine rings is 2. The largest absolute Gasteiger partial charge is 0.357 e. The van der Waals surface area contributed by atoms with Crippen molar-refractivity contribution in [2.24, 2.45) is 10.9 Å². The molecule has 1 aromatic carbocycles. The van der Waals surface area contributed by atoms with Crippen molar-refractivity contribution < 1.29 is 0 Å². The first-order chi connectivity index (χ1) is 14.2. The molecule has 0 radical (unpaired) electrons. The minimum atomic E-state index is 0. The van der Waals surface area contributed by atoms with Gasteiger partial charge < -0.3 is 15.5 Å². The summed E-state index contributed by atoms with van der Waals surface area (Å²) < 4.78 is 0. The van der Waals surface area contributed by atoms with Crippen LogP contribution in [0.1, 0.15) is 51.5 Å². The van der Waals surface area contributed by atoms with Gasteiger partial charge in [-0.05, 0) is 57.2 Å². The maximum Gasteiger partial charge on any atom is 0.191 e. The Balaban J connectivity index is 0.00000320. The maximum absolute atomic E-state index is 4.91. The monoisotopic (exact) mass is 527 g/mol. The van der Waals surface area contributed by atoms with E-state index in [1.54, 1.807) is 0 Å². The minimum Gasteiger partial charge on any atom is -0.357 e. The molecule has 2 N–H and O–H groups in total. The molecule has 6 heteroatoms. The molecule has 0 saturated carbocycles. The van der Waals surface area contributed by atoms with Gasteiger partial charge in [-0.2, -0.15) is 0 Å². The summed E-state index contributed by atoms with van der Waals surface area (Å²) in [7, 11) is 0. The van der Waals surface area contributed by atoms with Crippen LogP contribution in [0.3, 0.4) is 0 Å². The van der Waals surface area contributed by atoms with Crippen molar-refractivity contribution in [2.75, 3.05) is 45.8 Å². The maximum atomic E-state index is 4.91. The van der Waals surface area contributed by atoms with Gasteiger partial charge in [0, 0.05) is 45.3 Å². The molecular formula is C24H42IN5. The average Bonchev–Trinajstić information content (AvgIpc) is 2.75. The lowest BCUT2D eigenvalue weighted by Gasteiger charge is -2.33. The molecule has 1 unspecified atom stereocenters. The summed E-state index contributed by atoms with van der Waals surface area (Å²) in [4.78, 5) is 10.1. The van der Waals surface area contributed by atoms with Crippen molar-refractivity contribution in [3.63, 3.8) is 0 Å². The summed E-state index contributed by atoms with van der Waals surface area (Å²) in [5, 5.41) is 7.15. The van der Waals surface area contributed by atoms with E-state index >= 15 is 0 Å². The van der Waals surface area contributed by atoms with Crippen molar-refractivity contribution in [1.29, 1.82) is 0 Å². The van der Waals surface area contributed by atoms with Crippen molar-refractivity contribution >= 4 is 29.9 Å². The highest BCUT2D eigenvalue weighted by Crippen LogP contribution is 2.14. The highest BCUT2D eigenvalue weighted by Gasteiger charge is 2.20. The van der Waals surface area contributed by atoms with Crippen LogP contribution in [0.2, 0.25) is 0 Å². The number of hydrogen-bond acceptors (Lipinski definition) is 3. The molecular weight excluding hydrogens is 485 g/mol. The Bertz CT molecular complexity index is 595. The molecule has 0 aliphatic carbocycles. The van der Waals surface area contributed by atoms with Crippen LogP contribution in [0.15, 0.2) is 35.3 Å². The predicted octanol–water partition coefficient (Wildman–Crippen LogP) is 3.95. The number of nitrogens with one attached hydrogen (secondary N) is 2. The Morgan fingerprint density at radius 1 is 1.03 bits per heavy atom. The van der Waals surface area contributed by atoms with Gasteiger partial charge in [0.15, 0.2) is 5.96 Å². The molecule has 0 bridgehead atoms. The molecule has 0 aromatic heterocycles. The van der Waals surface area contributed by atoms with Crippen LogP contribution >= 0.6 is 24.0 Å². The van der Waals surface area contributed by atoms with Gasteiger partial charge in [0.25, 0.3) is 0 Å². The third-order valence-corrected chi connectivity index (χ3v) is 6.10. The van der Waals surface area contributed by atoms with E-state index in [2.05, 4.69) is 64.6 Å². The molecule has 2 heterocycles. The second-order valence-corrected chi connectivity index (χ2v) is 8.87. The lowest BCUT2D eigenvalue weighted by Crippen LogP contribution is -2.48. The zero-order valence-corrected chi connectivity index (χ0v) is 21.3. The van der Waals surface area contributed by atoms with Crippen molar-refractivity contribution in [2.45, 2.75) is 58.5 Å². The molecule has 5 nitrogen and oxygen atoms in total. The summed E-state index contributed by atoms with van der Waals surface area (Å²) in [6, 6.07) is 11.3. The normalized spacial score (nSPS) is 20.4. The second kappa shape index (κ2) is 14.2. The number of halogens is 1. The molecule has 30 heavy (non-hydrogen) atoms. The van der Waals surface area contributed by atoms with Crippen LogP contribution in [0.25, 0.3) is 0 Å². The van der Waals surface area contributed by atoms with Crippen LogP contribution in [0.4, 0.5) is 0 Å². The molecule has 2 aliphatic heterocycles. The average molecular weight is 528 g/mol. The van der Waals surface area contributed by atoms with Crippen LogP contribution in [-0.2, 0) is 6.54 Å². The fourth-order valence-corrected chi connectivity index (χ4v) is 4.48. The van der Waals surface area contributed by atoms with E-state index in [0.717, 1.165) is 38.7 Å². The fraction of sp³-hybridized carbons (Fsp3) is 0.708. The third kappa shape index (κ3) is 9.10. The molecule has 1 atom stereocenters. The Morgan fingerprint density at radius 2 is 1.73 bits per heavy atom. The Labute approximate surface area is 201 Å². The summed E-state index contributed by atoms with van der Waals surface area (Å²) in [6.07, 6.45) is 6.50. The van der Waals surface area contributed by atoms with E-state index in [1.165, 1.54) is 57.3 Å². The molecule has 2 fully saturated rings. The van der Waals surface area contributed by atoms with E-state index < -0.39 is 0 Å². The topological polar surface area (TPSA) is 42.9 Å². The van der Waals surface area contributed by atoms with Crippen LogP contribution in [-0.4, -0.2) is 67.6 Å². The van der Waals surface area contributed by atoms with E-state index in [0.29, 0.717) is 12.0 Å². The van der Waals surface area contributed by atoms with E-state index in [9.17, 15) is 0 Å². The van der Waals surface area contributed by atoms with Crippen LogP contribution < -0.4 is 10.6 Å². The second-order valence-electron chi connectivity index (χ2n) is 8.87. The number of hydrogen-bond donors (Lipinski definition) is 2. The summed E-state index contributed by atoms with van der Waals surface area (Å²) in [5.74, 6) is 1.61. The number of likely N-dealkylation sites (tertiary alicyclic amines) is 2. The van der Waals surface area contributed by atoms with Crippen LogP contribution in [0.5, 0.6) is 0 Å². The molecule has 2 saturated heterocycles. The molecule has 0 amide bonds. The molecule has 3 rings (SSSR count). The lowest BCUT2D eigenvalue weighted by atomic mass is 10.0. The van der Waals surface area contributed by atoms with Crippen molar-refractivity contribution in [1.82, 2.24) is 20.4 Å². The fourth-order valence-electron chi connectivity index (χ4n) is 4.48. The number of guanidine groups is 1. The van der Waals surface area contributed by atoms with Crippen molar-refractivity contribution in [3.05, 3.63) is 35.9 Å². The lowest BCUT2D eigenvalue weighted by molar-refractivity contribution is 0.198. The first kappa shape index (κ1) is 25.4. The highest BCUT2D eigenvalue weighted by atomic mass is 127. The van der Waals surface area contributed by atoms with E-state index in [-0.39, 0.29) is 24.0 Å². The summed E-state index contributed by atoms with van der Waals surface area (Å²) >= 11 is 0. The third-order valence-electron chi connectivity index (χ3n) is 6.10. The predicted molar refractivity (Wildman–Crippen MR) is 139 cm³/mol. The Hall–Kier alpha value is -0.860. The van der Waals surface area contributed by atoms with Crippen LogP contribution in [0, 0.1) is 5.92 Å². The number of nitrogens with zero attached hydrogens (tertiary/aromatic N) is 3. The smallest absolute Gasteiger partial charge is 0.191 e. The first-order valence-corrected chi connectivity index (χ1v) is 11.8. The zero-order valence-electron chi connectivity index (χ0n) is 19.0. The summed E-state index contributed by atoms with van der Waals surface area (Å²) in [6.45, 7) is 13.4. The van der Waals surface area contributed by atoms with Gasteiger partial charge in [-0.25, -0.2) is 0 Å². The minimum absolute atomic E-state index is 0. The SMILES string of the molecule is CCNC(=NCC(C)CN1CCCCC1)NC1CCN(Cc2ccccc2)CC1.I. The van der Waals surface area contributed by atoms with Gasteiger partial charge in [0.2, 0.25) is 0 Å². The standard InChI is InChI=1S/C24H41N5.HI/c1-3-25-24(26-18-21(2)19-28-14-8-5-9-15-28)27-23-12-16-29(17-13-23)20-22-10-6-4-7-11-22;/h4,6-7,10-11,21,23H,3,5,8-9,12-20H2,1-2H3,(H2,25,26,27);1H. The Kier molecular flexibility index (Phi) is 12.1. The molecule has 0 spiro atoms. The summed E-state index contributed by atoms with van der Waals surface area (Å²) in [5.41, 5.74) is 1.41. The zero-order chi connectivity index (χ0) is 20.3. The van der Waals surface area contributed by atoms with Gasteiger partial charge >= 0.3 is 0 Å². The van der Waals surface area contributed by atoms with E-state index in [1.807, 2.05) is 0 Å². The van der Waals surface area contributed by atoms with Gasteiger partial charge in [0.05, 0.1) is 0 Å². The number of aliphatic imine (C=N–C) groups is 1.